The maximum absolute atomic E-state index is 7.78. The second kappa shape index (κ2) is 5.33. The molecule has 0 bridgehead atoms. The molecule has 0 atom stereocenters. The van der Waals surface area contributed by atoms with Gasteiger partial charge >= 0.3 is 0 Å². The first-order valence-electron chi connectivity index (χ1n) is 1.000. The zero-order valence-corrected chi connectivity index (χ0v) is 5.78. The molecule has 0 amide bonds. The van der Waals surface area contributed by atoms with Crippen LogP contribution in [0, 0.1) is 0 Å². The second-order valence-corrected chi connectivity index (χ2v) is 3.76. The van der Waals surface area contributed by atoms with Crippen molar-refractivity contribution in [2.75, 3.05) is 0 Å². The molecule has 4 nitrogen and oxygen atoms in total. The van der Waals surface area contributed by atoms with Gasteiger partial charge in [0.25, 0.3) is 16.1 Å². The molecule has 0 aliphatic carbocycles. The van der Waals surface area contributed by atoms with Crippen molar-refractivity contribution in [3.8, 4) is 0 Å². The molecule has 0 spiro atoms. The van der Waals surface area contributed by atoms with Crippen LogP contribution in [-0.4, -0.2) is 19.6 Å². The van der Waals surface area contributed by atoms with Crippen LogP contribution < -0.4 is 0 Å². The minimum absolute atomic E-state index is 0. The van der Waals surface area contributed by atoms with Crippen molar-refractivity contribution in [2.24, 2.45) is 0 Å². The van der Waals surface area contributed by atoms with Crippen molar-refractivity contribution in [2.45, 2.75) is 0 Å². The average molecular weight is 189 g/mol. The molecule has 0 radical (unpaired) electrons. The molecule has 0 unspecified atom stereocenters. The molecule has 0 aliphatic heterocycles. The zero-order valence-electron chi connectivity index (χ0n) is 3.00. The molecule has 0 aromatic heterocycles. The molecule has 0 saturated carbocycles. The van der Waals surface area contributed by atoms with Gasteiger partial charge in [-0.3, -0.25) is 0 Å². The van der Waals surface area contributed by atoms with E-state index in [4.69, 9.17) is 19.6 Å². The summed E-state index contributed by atoms with van der Waals surface area (Å²) in [6, 6.07) is 0. The summed E-state index contributed by atoms with van der Waals surface area (Å²) in [4.78, 5) is 31.1. The fourth-order valence-corrected chi connectivity index (χ4v) is 0. The van der Waals surface area contributed by atoms with Crippen molar-refractivity contribution in [1.82, 2.24) is 0 Å². The van der Waals surface area contributed by atoms with Crippen molar-refractivity contribution in [3.63, 3.8) is 0 Å². The van der Waals surface area contributed by atoms with E-state index in [9.17, 15) is 0 Å². The van der Waals surface area contributed by atoms with Gasteiger partial charge in [-0.2, -0.15) is 0 Å². The van der Waals surface area contributed by atoms with Crippen LogP contribution in [0.2, 0.25) is 0 Å². The van der Waals surface area contributed by atoms with E-state index in [1.165, 1.54) is 0 Å². The van der Waals surface area contributed by atoms with Gasteiger partial charge in [-0.1, -0.05) is 0 Å². The molecule has 0 saturated heterocycles. The largest absolute Gasteiger partial charge is 0.344 e. The molecule has 0 heterocycles. The minimum atomic E-state index is -2.48. The fraction of sp³-hybridized carbons (Fsp3) is 0. The Labute approximate surface area is 52.8 Å². The molecule has 0 aromatic rings. The molecule has 48 valence electrons. The molecule has 0 rings (SSSR count). The Bertz CT molecular complexity index is 30.7. The monoisotopic (exact) mass is 188 g/mol. The van der Waals surface area contributed by atoms with Gasteiger partial charge in [0, 0.05) is 16.5 Å². The third-order valence-corrected chi connectivity index (χ3v) is 1.44. The Kier molecular flexibility index (Phi) is 8.42. The first-order valence-corrected chi connectivity index (χ1v) is 4.20. The van der Waals surface area contributed by atoms with Gasteiger partial charge in [-0.25, -0.2) is 0 Å². The van der Waals surface area contributed by atoms with Crippen molar-refractivity contribution in [3.05, 3.63) is 0 Å². The predicted octanol–water partition coefficient (Wildman–Crippen LogP) is -0.508. The molecule has 0 fully saturated rings. The summed E-state index contributed by atoms with van der Waals surface area (Å²) < 4.78 is 0. The average Bonchev–Trinajstić information content (AvgIpc) is 1.36. The fourth-order valence-electron chi connectivity index (χ4n) is 0. The maximum Gasteiger partial charge on any atom is 0.250 e. The summed E-state index contributed by atoms with van der Waals surface area (Å²) in [6.07, 6.45) is 0. The van der Waals surface area contributed by atoms with Gasteiger partial charge in [-0.15, -0.1) is 0 Å². The summed E-state index contributed by atoms with van der Waals surface area (Å²) in [5, 5.41) is 0. The summed E-state index contributed by atoms with van der Waals surface area (Å²) in [6.45, 7) is 0. The Balaban J connectivity index is 0. The molecule has 7 heavy (non-hydrogen) atoms. The van der Waals surface area contributed by atoms with Crippen LogP contribution in [0.3, 0.4) is 0 Å². The zero-order chi connectivity index (χ0) is 5.15. The molecule has 0 aromatic carbocycles. The van der Waals surface area contributed by atoms with E-state index < -0.39 is 16.1 Å². The summed E-state index contributed by atoms with van der Waals surface area (Å²) in [7, 11) is -4.97. The topological polar surface area (TPSA) is 80.9 Å². The quantitative estimate of drug-likeness (QED) is 0.330. The Morgan fingerprint density at radius 2 is 0.857 bits per heavy atom. The standard InChI is InChI=1S/Ni.H4O4P2/c;1-5(2)6(3)4/h;1-4H. The Morgan fingerprint density at radius 3 is 0.857 bits per heavy atom. The molecular formula is H4NiO4P2. The number of hydrogen-bond acceptors (Lipinski definition) is 4. The van der Waals surface area contributed by atoms with Crippen LogP contribution in [0.1, 0.15) is 0 Å². The first kappa shape index (κ1) is 11.1. The summed E-state index contributed by atoms with van der Waals surface area (Å²) >= 11 is 0. The molecular weight excluding hydrogens is 185 g/mol. The number of hydrogen-bond donors (Lipinski definition) is 4. The summed E-state index contributed by atoms with van der Waals surface area (Å²) in [5.41, 5.74) is 0. The van der Waals surface area contributed by atoms with Crippen LogP contribution >= 0.6 is 16.1 Å². The summed E-state index contributed by atoms with van der Waals surface area (Å²) in [5.74, 6) is 0. The van der Waals surface area contributed by atoms with E-state index in [0.29, 0.717) is 0 Å². The van der Waals surface area contributed by atoms with Gasteiger partial charge in [0.15, 0.2) is 0 Å². The van der Waals surface area contributed by atoms with Gasteiger partial charge < -0.3 is 19.6 Å². The van der Waals surface area contributed by atoms with E-state index in [-0.39, 0.29) is 16.5 Å². The van der Waals surface area contributed by atoms with Gasteiger partial charge in [0.2, 0.25) is 0 Å². The SMILES string of the molecule is OP(O)P(O)O.[Ni]. The number of rotatable bonds is 1. The van der Waals surface area contributed by atoms with Crippen LogP contribution in [-0.2, 0) is 16.5 Å². The van der Waals surface area contributed by atoms with Crippen LogP contribution in [0.4, 0.5) is 0 Å². The maximum atomic E-state index is 7.78. The third kappa shape index (κ3) is 7.19. The molecule has 7 heteroatoms. The van der Waals surface area contributed by atoms with Crippen molar-refractivity contribution < 1.29 is 36.1 Å². The van der Waals surface area contributed by atoms with Crippen molar-refractivity contribution >= 4 is 16.1 Å². The van der Waals surface area contributed by atoms with E-state index in [1.807, 2.05) is 0 Å². The van der Waals surface area contributed by atoms with E-state index in [1.54, 1.807) is 0 Å². The Morgan fingerprint density at radius 1 is 0.714 bits per heavy atom. The van der Waals surface area contributed by atoms with E-state index >= 15 is 0 Å². The second-order valence-electron chi connectivity index (χ2n) is 0.537. The normalized spacial score (nSPS) is 9.43. The molecule has 4 N–H and O–H groups in total. The third-order valence-electron chi connectivity index (χ3n) is 0.160. The van der Waals surface area contributed by atoms with Gasteiger partial charge in [0.05, 0.1) is 0 Å². The van der Waals surface area contributed by atoms with E-state index in [2.05, 4.69) is 0 Å². The first-order chi connectivity index (χ1) is 2.64. The van der Waals surface area contributed by atoms with Crippen LogP contribution in [0.25, 0.3) is 0 Å². The Hall–Kier alpha value is 1.19. The van der Waals surface area contributed by atoms with E-state index in [0.717, 1.165) is 0 Å². The minimum Gasteiger partial charge on any atom is -0.344 e. The van der Waals surface area contributed by atoms with Crippen LogP contribution in [0.15, 0.2) is 0 Å². The van der Waals surface area contributed by atoms with Gasteiger partial charge in [0.1, 0.15) is 0 Å². The smallest absolute Gasteiger partial charge is 0.250 e. The van der Waals surface area contributed by atoms with Crippen molar-refractivity contribution in [1.29, 1.82) is 0 Å². The van der Waals surface area contributed by atoms with Gasteiger partial charge in [-0.05, 0) is 0 Å². The predicted molar refractivity (Wildman–Crippen MR) is 22.7 cm³/mol. The molecule has 0 aliphatic rings. The van der Waals surface area contributed by atoms with Crippen LogP contribution in [0.5, 0.6) is 0 Å².